The van der Waals surface area contributed by atoms with Gasteiger partial charge in [0.15, 0.2) is 0 Å². The summed E-state index contributed by atoms with van der Waals surface area (Å²) in [6.45, 7) is 14.5. The zero-order valence-corrected chi connectivity index (χ0v) is 24.9. The Morgan fingerprint density at radius 1 is 1.12 bits per heavy atom. The van der Waals surface area contributed by atoms with Gasteiger partial charge in [-0.05, 0) is 70.4 Å². The molecule has 1 N–H and O–H groups in total. The van der Waals surface area contributed by atoms with Crippen molar-refractivity contribution in [3.63, 3.8) is 0 Å². The van der Waals surface area contributed by atoms with E-state index in [1.807, 2.05) is 39.0 Å². The Labute approximate surface area is 244 Å². The number of ether oxygens (including phenoxy) is 2. The van der Waals surface area contributed by atoms with E-state index in [2.05, 4.69) is 13.2 Å². The van der Waals surface area contributed by atoms with Gasteiger partial charge in [-0.25, -0.2) is 0 Å². The average Bonchev–Trinajstić information content (AvgIpc) is 3.50. The van der Waals surface area contributed by atoms with Crippen LogP contribution in [0.4, 0.5) is 5.69 Å². The van der Waals surface area contributed by atoms with Crippen LogP contribution in [0, 0.1) is 25.7 Å². The first-order valence-electron chi connectivity index (χ1n) is 15.0. The van der Waals surface area contributed by atoms with Gasteiger partial charge in [-0.1, -0.05) is 43.2 Å². The van der Waals surface area contributed by atoms with Crippen molar-refractivity contribution in [2.75, 3.05) is 31.2 Å². The molecule has 0 aliphatic carbocycles. The van der Waals surface area contributed by atoms with Gasteiger partial charge in [-0.15, -0.1) is 13.2 Å². The van der Waals surface area contributed by atoms with E-state index in [9.17, 15) is 19.5 Å². The Bertz CT molecular complexity index is 1150. The topological polar surface area (TPSA) is 96.4 Å². The number of para-hydroxylation sites is 1. The molecule has 2 amide bonds. The predicted molar refractivity (Wildman–Crippen MR) is 158 cm³/mol. The maximum absolute atomic E-state index is 14.7. The van der Waals surface area contributed by atoms with Gasteiger partial charge in [0.1, 0.15) is 17.6 Å². The molecular weight excluding hydrogens is 520 g/mol. The van der Waals surface area contributed by atoms with E-state index >= 15 is 0 Å². The highest BCUT2D eigenvalue weighted by molar-refractivity contribution is 6.05. The van der Waals surface area contributed by atoms with Gasteiger partial charge >= 0.3 is 5.97 Å². The molecule has 41 heavy (non-hydrogen) atoms. The van der Waals surface area contributed by atoms with Gasteiger partial charge in [0.05, 0.1) is 18.1 Å². The molecule has 3 aliphatic heterocycles. The first-order valence-corrected chi connectivity index (χ1v) is 15.0. The molecule has 2 bridgehead atoms. The molecule has 8 heteroatoms. The second-order valence-electron chi connectivity index (χ2n) is 12.0. The highest BCUT2D eigenvalue weighted by Gasteiger charge is 2.78. The normalized spacial score (nSPS) is 28.0. The number of hydrogen-bond acceptors (Lipinski definition) is 6. The van der Waals surface area contributed by atoms with E-state index in [0.29, 0.717) is 38.6 Å². The van der Waals surface area contributed by atoms with E-state index in [1.54, 1.807) is 22.0 Å². The number of benzene rings is 1. The van der Waals surface area contributed by atoms with Crippen LogP contribution in [0.25, 0.3) is 0 Å². The monoisotopic (exact) mass is 566 g/mol. The van der Waals surface area contributed by atoms with Crippen LogP contribution in [0.5, 0.6) is 0 Å². The Morgan fingerprint density at radius 3 is 2.49 bits per heavy atom. The number of hydrogen-bond donors (Lipinski definition) is 1. The number of aliphatic hydroxyl groups is 1. The summed E-state index contributed by atoms with van der Waals surface area (Å²) in [5.41, 5.74) is 0.750. The molecule has 4 rings (SSSR count). The molecule has 3 fully saturated rings. The van der Waals surface area contributed by atoms with Crippen LogP contribution in [0.2, 0.25) is 0 Å². The van der Waals surface area contributed by atoms with Crippen molar-refractivity contribution >= 4 is 23.5 Å². The molecule has 3 aliphatic rings. The number of rotatable bonds is 15. The lowest BCUT2D eigenvalue weighted by Gasteiger charge is -2.37. The predicted octanol–water partition coefficient (Wildman–Crippen LogP) is 4.65. The summed E-state index contributed by atoms with van der Waals surface area (Å²) in [5, 5.41) is 9.19. The third kappa shape index (κ3) is 5.61. The Hall–Kier alpha value is -2.97. The number of aryl methyl sites for hydroxylation is 2. The van der Waals surface area contributed by atoms with Crippen LogP contribution >= 0.6 is 0 Å². The fourth-order valence-corrected chi connectivity index (χ4v) is 7.34. The van der Waals surface area contributed by atoms with Gasteiger partial charge in [-0.3, -0.25) is 14.4 Å². The minimum Gasteiger partial charge on any atom is -0.465 e. The number of likely N-dealkylation sites (tertiary alicyclic amines) is 1. The van der Waals surface area contributed by atoms with E-state index < -0.39 is 35.0 Å². The smallest absolute Gasteiger partial charge is 0.312 e. The van der Waals surface area contributed by atoms with E-state index in [0.717, 1.165) is 36.1 Å². The summed E-state index contributed by atoms with van der Waals surface area (Å²) < 4.78 is 12.4. The Kier molecular flexibility index (Phi) is 9.75. The molecule has 2 unspecified atom stereocenters. The van der Waals surface area contributed by atoms with Crippen molar-refractivity contribution in [1.29, 1.82) is 0 Å². The third-order valence-corrected chi connectivity index (χ3v) is 9.16. The fraction of sp³-hybridized carbons (Fsp3) is 0.606. The highest BCUT2D eigenvalue weighted by atomic mass is 16.6. The van der Waals surface area contributed by atoms with Gasteiger partial charge in [0.2, 0.25) is 5.91 Å². The molecule has 3 heterocycles. The highest BCUT2D eigenvalue weighted by Crippen LogP contribution is 2.63. The number of carbonyl (C=O) groups excluding carboxylic acids is 3. The third-order valence-electron chi connectivity index (χ3n) is 9.16. The fourth-order valence-electron chi connectivity index (χ4n) is 7.34. The van der Waals surface area contributed by atoms with Gasteiger partial charge < -0.3 is 24.4 Å². The number of allylic oxidation sites excluding steroid dienone is 1. The van der Waals surface area contributed by atoms with Crippen LogP contribution in [0.1, 0.15) is 69.4 Å². The molecule has 0 aromatic heterocycles. The Balaban J connectivity index is 1.72. The Morgan fingerprint density at radius 2 is 1.83 bits per heavy atom. The van der Waals surface area contributed by atoms with Gasteiger partial charge in [-0.2, -0.15) is 0 Å². The lowest BCUT2D eigenvalue weighted by Crippen LogP contribution is -2.56. The van der Waals surface area contributed by atoms with Gasteiger partial charge in [0, 0.05) is 25.4 Å². The summed E-state index contributed by atoms with van der Waals surface area (Å²) in [6, 6.07) is 5.05. The van der Waals surface area contributed by atoms with Crippen molar-refractivity contribution < 1.29 is 29.0 Å². The van der Waals surface area contributed by atoms with Crippen molar-refractivity contribution in [2.24, 2.45) is 11.8 Å². The SMILES string of the molecule is C=CCCCOC(=O)[C@H]1[C@H]2C(=O)N(CCCCCCO)C(C(=O)N(CC=C)c3c(C)cccc3C)C23CC[C@]1(C)O3. The maximum Gasteiger partial charge on any atom is 0.312 e. The summed E-state index contributed by atoms with van der Waals surface area (Å²) >= 11 is 0. The number of aliphatic hydroxyl groups excluding tert-OH is 1. The summed E-state index contributed by atoms with van der Waals surface area (Å²) in [4.78, 5) is 45.9. The van der Waals surface area contributed by atoms with Crippen molar-refractivity contribution in [3.8, 4) is 0 Å². The van der Waals surface area contributed by atoms with Crippen molar-refractivity contribution in [3.05, 3.63) is 54.6 Å². The van der Waals surface area contributed by atoms with Crippen molar-refractivity contribution in [1.82, 2.24) is 4.90 Å². The molecule has 5 atom stereocenters. The molecule has 3 saturated heterocycles. The average molecular weight is 567 g/mol. The van der Waals surface area contributed by atoms with E-state index in [1.165, 1.54) is 0 Å². The lowest BCUT2D eigenvalue weighted by molar-refractivity contribution is -0.159. The largest absolute Gasteiger partial charge is 0.465 e. The molecule has 1 spiro atoms. The molecule has 224 valence electrons. The lowest BCUT2D eigenvalue weighted by atomic mass is 9.66. The number of esters is 1. The zero-order chi connectivity index (χ0) is 29.8. The van der Waals surface area contributed by atoms with Gasteiger partial charge in [0.25, 0.3) is 5.91 Å². The summed E-state index contributed by atoms with van der Waals surface area (Å²) in [5.74, 6) is -2.39. The van der Waals surface area contributed by atoms with Crippen LogP contribution < -0.4 is 4.90 Å². The van der Waals surface area contributed by atoms with E-state index in [4.69, 9.17) is 9.47 Å². The number of unbranched alkanes of at least 4 members (excludes halogenated alkanes) is 4. The molecule has 1 aromatic rings. The van der Waals surface area contributed by atoms with Crippen LogP contribution in [-0.4, -0.2) is 71.3 Å². The molecule has 0 saturated carbocycles. The second-order valence-corrected chi connectivity index (χ2v) is 12.0. The van der Waals surface area contributed by atoms with Crippen molar-refractivity contribution in [2.45, 2.75) is 89.4 Å². The minimum atomic E-state index is -1.10. The quantitative estimate of drug-likeness (QED) is 0.189. The maximum atomic E-state index is 14.7. The zero-order valence-electron chi connectivity index (χ0n) is 24.9. The molecule has 8 nitrogen and oxygen atoms in total. The first-order chi connectivity index (χ1) is 19.7. The summed E-state index contributed by atoms with van der Waals surface area (Å²) in [6.07, 6.45) is 9.02. The summed E-state index contributed by atoms with van der Waals surface area (Å²) in [7, 11) is 0. The molecule has 0 radical (unpaired) electrons. The number of carbonyl (C=O) groups is 3. The molecule has 1 aromatic carbocycles. The van der Waals surface area contributed by atoms with E-state index in [-0.39, 0.29) is 31.6 Å². The van der Waals surface area contributed by atoms with Crippen LogP contribution in [0.15, 0.2) is 43.5 Å². The first kappa shape index (κ1) is 31.0. The second kappa shape index (κ2) is 12.9. The van der Waals surface area contributed by atoms with Crippen LogP contribution in [-0.2, 0) is 23.9 Å². The standard InChI is InChI=1S/C33H46N2O6/c1-6-8-13-22-40-31(39)26-25-29(37)35(20-11-9-10-12-21-36)28(33(25)18-17-32(26,5)41-33)30(38)34(19-7-2)27-23(3)15-14-16-24(27)4/h6-7,14-16,25-26,28,36H,1-2,8-13,17-22H2,3-5H3/t25-,26+,28?,32-,33?/m0/s1. The number of fused-ring (bicyclic) bond motifs is 1. The molecular formula is C33H46N2O6. The minimum absolute atomic E-state index is 0.129. The number of nitrogens with zero attached hydrogens (tertiary/aromatic N) is 2. The van der Waals surface area contributed by atoms with Crippen LogP contribution in [0.3, 0.4) is 0 Å². The number of amides is 2. The number of anilines is 1.